The Balaban J connectivity index is 1.75. The van der Waals surface area contributed by atoms with Crippen LogP contribution >= 0.6 is 0 Å². The maximum atomic E-state index is 13.3. The number of para-hydroxylation sites is 1. The third kappa shape index (κ3) is 4.81. The first-order chi connectivity index (χ1) is 10.2. The summed E-state index contributed by atoms with van der Waals surface area (Å²) in [6.45, 7) is 2.34. The molecule has 2 atom stereocenters. The molecule has 0 bridgehead atoms. The number of hydrogen-bond donors (Lipinski definition) is 2. The van der Waals surface area contributed by atoms with Crippen LogP contribution in [0.5, 0.6) is 5.75 Å². The van der Waals surface area contributed by atoms with E-state index in [9.17, 15) is 9.50 Å². The molecule has 0 aliphatic carbocycles. The molecular weight excluding hydrogens is 271 g/mol. The van der Waals surface area contributed by atoms with Crippen molar-refractivity contribution in [3.63, 3.8) is 0 Å². The number of nitrogens with one attached hydrogen (secondary N) is 1. The van der Waals surface area contributed by atoms with Crippen molar-refractivity contribution in [1.82, 2.24) is 10.3 Å². The third-order valence-corrected chi connectivity index (χ3v) is 3.06. The Labute approximate surface area is 123 Å². The molecule has 1 unspecified atom stereocenters. The van der Waals surface area contributed by atoms with Gasteiger partial charge in [-0.3, -0.25) is 4.98 Å². The summed E-state index contributed by atoms with van der Waals surface area (Å²) in [6.07, 6.45) is 1.00. The number of rotatable bonds is 7. The van der Waals surface area contributed by atoms with Crippen LogP contribution in [0.2, 0.25) is 0 Å². The van der Waals surface area contributed by atoms with Gasteiger partial charge in [0.15, 0.2) is 11.6 Å². The van der Waals surface area contributed by atoms with Crippen LogP contribution in [0.3, 0.4) is 0 Å². The molecule has 0 saturated carbocycles. The summed E-state index contributed by atoms with van der Waals surface area (Å²) in [7, 11) is 0. The van der Waals surface area contributed by atoms with Crippen molar-refractivity contribution < 1.29 is 14.2 Å². The first-order valence-electron chi connectivity index (χ1n) is 6.86. The van der Waals surface area contributed by atoms with Gasteiger partial charge in [-0.15, -0.1) is 0 Å². The predicted molar refractivity (Wildman–Crippen MR) is 78.6 cm³/mol. The number of aliphatic hydroxyl groups excluding tert-OH is 1. The quantitative estimate of drug-likeness (QED) is 0.821. The number of ether oxygens (including phenoxy) is 1. The highest BCUT2D eigenvalue weighted by molar-refractivity contribution is 5.23. The van der Waals surface area contributed by atoms with Crippen molar-refractivity contribution >= 4 is 0 Å². The third-order valence-electron chi connectivity index (χ3n) is 3.06. The van der Waals surface area contributed by atoms with E-state index in [1.807, 2.05) is 25.1 Å². The van der Waals surface area contributed by atoms with Crippen LogP contribution in [0.1, 0.15) is 18.7 Å². The summed E-state index contributed by atoms with van der Waals surface area (Å²) in [5.41, 5.74) is 0.903. The molecule has 21 heavy (non-hydrogen) atoms. The van der Waals surface area contributed by atoms with Crippen LogP contribution in [0.4, 0.5) is 4.39 Å². The van der Waals surface area contributed by atoms with Gasteiger partial charge >= 0.3 is 0 Å². The molecule has 2 aromatic rings. The van der Waals surface area contributed by atoms with Crippen molar-refractivity contribution in [3.8, 4) is 5.75 Å². The van der Waals surface area contributed by atoms with Crippen LogP contribution in [0.15, 0.2) is 48.7 Å². The number of halogens is 1. The summed E-state index contributed by atoms with van der Waals surface area (Å²) in [6, 6.07) is 11.8. The molecular formula is C16H19FN2O2. The van der Waals surface area contributed by atoms with Gasteiger partial charge in [-0.05, 0) is 31.2 Å². The molecule has 0 spiro atoms. The van der Waals surface area contributed by atoms with E-state index in [4.69, 9.17) is 4.74 Å². The Bertz CT molecular complexity index is 551. The van der Waals surface area contributed by atoms with Crippen molar-refractivity contribution in [1.29, 1.82) is 0 Å². The van der Waals surface area contributed by atoms with E-state index in [2.05, 4.69) is 10.3 Å². The Morgan fingerprint density at radius 1 is 1.24 bits per heavy atom. The van der Waals surface area contributed by atoms with Crippen molar-refractivity contribution in [3.05, 3.63) is 60.2 Å². The SMILES string of the molecule is C[C@@H](NCC(O)COc1ccccc1F)c1ccccn1. The zero-order valence-corrected chi connectivity index (χ0v) is 11.9. The molecule has 1 heterocycles. The Hall–Kier alpha value is -1.98. The second kappa shape index (κ2) is 7.71. The minimum absolute atomic E-state index is 0.0225. The van der Waals surface area contributed by atoms with Gasteiger partial charge in [0, 0.05) is 18.8 Å². The molecule has 0 radical (unpaired) electrons. The Kier molecular flexibility index (Phi) is 5.66. The second-order valence-electron chi connectivity index (χ2n) is 4.78. The fourth-order valence-electron chi connectivity index (χ4n) is 1.86. The molecule has 2 rings (SSSR count). The van der Waals surface area contributed by atoms with E-state index in [-0.39, 0.29) is 18.4 Å². The van der Waals surface area contributed by atoms with Crippen LogP contribution in [-0.4, -0.2) is 29.3 Å². The number of hydrogen-bond acceptors (Lipinski definition) is 4. The summed E-state index contributed by atoms with van der Waals surface area (Å²) in [5.74, 6) is -0.283. The first-order valence-corrected chi connectivity index (χ1v) is 6.86. The molecule has 2 N–H and O–H groups in total. The van der Waals surface area contributed by atoms with E-state index in [0.717, 1.165) is 5.69 Å². The van der Waals surface area contributed by atoms with Gasteiger partial charge < -0.3 is 15.2 Å². The topological polar surface area (TPSA) is 54.4 Å². The van der Waals surface area contributed by atoms with Crippen molar-refractivity contribution in [2.24, 2.45) is 0 Å². The molecule has 0 fully saturated rings. The van der Waals surface area contributed by atoms with Crippen molar-refractivity contribution in [2.75, 3.05) is 13.2 Å². The lowest BCUT2D eigenvalue weighted by molar-refractivity contribution is 0.102. The van der Waals surface area contributed by atoms with Gasteiger partial charge in [0.1, 0.15) is 12.7 Å². The summed E-state index contributed by atoms with van der Waals surface area (Å²) in [4.78, 5) is 4.24. The average Bonchev–Trinajstić information content (AvgIpc) is 2.52. The number of nitrogens with zero attached hydrogens (tertiary/aromatic N) is 1. The minimum atomic E-state index is -0.726. The summed E-state index contributed by atoms with van der Waals surface area (Å²) < 4.78 is 18.6. The summed E-state index contributed by atoms with van der Waals surface area (Å²) >= 11 is 0. The molecule has 0 aliphatic heterocycles. The van der Waals surface area contributed by atoms with E-state index in [0.29, 0.717) is 6.54 Å². The first kappa shape index (κ1) is 15.4. The minimum Gasteiger partial charge on any atom is -0.488 e. The van der Waals surface area contributed by atoms with Gasteiger partial charge in [-0.2, -0.15) is 0 Å². The molecule has 0 amide bonds. The van der Waals surface area contributed by atoms with E-state index >= 15 is 0 Å². The number of aliphatic hydroxyl groups is 1. The number of benzene rings is 1. The molecule has 1 aromatic carbocycles. The highest BCUT2D eigenvalue weighted by Crippen LogP contribution is 2.15. The normalized spacial score (nSPS) is 13.7. The van der Waals surface area contributed by atoms with Crippen molar-refractivity contribution in [2.45, 2.75) is 19.1 Å². The van der Waals surface area contributed by atoms with Crippen LogP contribution in [0, 0.1) is 5.82 Å². The van der Waals surface area contributed by atoms with Gasteiger partial charge in [0.2, 0.25) is 0 Å². The van der Waals surface area contributed by atoms with E-state index in [1.54, 1.807) is 18.3 Å². The average molecular weight is 290 g/mol. The van der Waals surface area contributed by atoms with Gasteiger partial charge in [-0.1, -0.05) is 18.2 Å². The molecule has 4 nitrogen and oxygen atoms in total. The zero-order valence-electron chi connectivity index (χ0n) is 11.9. The fraction of sp³-hybridized carbons (Fsp3) is 0.312. The molecule has 0 saturated heterocycles. The molecule has 0 aliphatic rings. The lowest BCUT2D eigenvalue weighted by atomic mass is 10.2. The fourth-order valence-corrected chi connectivity index (χ4v) is 1.86. The van der Waals surface area contributed by atoms with E-state index < -0.39 is 11.9 Å². The monoisotopic (exact) mass is 290 g/mol. The van der Waals surface area contributed by atoms with Gasteiger partial charge in [0.25, 0.3) is 0 Å². The highest BCUT2D eigenvalue weighted by Gasteiger charge is 2.11. The zero-order chi connectivity index (χ0) is 15.1. The van der Waals surface area contributed by atoms with Crippen LogP contribution < -0.4 is 10.1 Å². The van der Waals surface area contributed by atoms with E-state index in [1.165, 1.54) is 12.1 Å². The highest BCUT2D eigenvalue weighted by atomic mass is 19.1. The predicted octanol–water partition coefficient (Wildman–Crippen LogP) is 2.31. The second-order valence-corrected chi connectivity index (χ2v) is 4.78. The standard InChI is InChI=1S/C16H19FN2O2/c1-12(15-7-4-5-9-18-15)19-10-13(20)11-21-16-8-3-2-6-14(16)17/h2-9,12-13,19-20H,10-11H2,1H3/t12-,13?/m1/s1. The van der Waals surface area contributed by atoms with Gasteiger partial charge in [-0.25, -0.2) is 4.39 Å². The molecule has 112 valence electrons. The maximum Gasteiger partial charge on any atom is 0.165 e. The maximum absolute atomic E-state index is 13.3. The summed E-state index contributed by atoms with van der Waals surface area (Å²) in [5, 5.41) is 13.0. The molecule has 5 heteroatoms. The Morgan fingerprint density at radius 3 is 2.71 bits per heavy atom. The van der Waals surface area contributed by atoms with Gasteiger partial charge in [0.05, 0.1) is 5.69 Å². The largest absolute Gasteiger partial charge is 0.488 e. The lowest BCUT2D eigenvalue weighted by Gasteiger charge is -2.17. The Morgan fingerprint density at radius 2 is 2.00 bits per heavy atom. The van der Waals surface area contributed by atoms with Crippen LogP contribution in [-0.2, 0) is 0 Å². The molecule has 1 aromatic heterocycles. The van der Waals surface area contributed by atoms with Crippen LogP contribution in [0.25, 0.3) is 0 Å². The lowest BCUT2D eigenvalue weighted by Crippen LogP contribution is -2.33. The smallest absolute Gasteiger partial charge is 0.165 e. The number of pyridine rings is 1. The number of aromatic nitrogens is 1.